The lowest BCUT2D eigenvalue weighted by Gasteiger charge is -2.49. The van der Waals surface area contributed by atoms with Crippen LogP contribution in [0.1, 0.15) is 44.2 Å². The lowest BCUT2D eigenvalue weighted by Crippen LogP contribution is -2.42. The van der Waals surface area contributed by atoms with Crippen LogP contribution in [0.5, 0.6) is 0 Å². The average Bonchev–Trinajstić information content (AvgIpc) is 3.65. The molecule has 4 atom stereocenters. The molecule has 1 fully saturated rings. The molecule has 0 aliphatic heterocycles. The number of halogens is 1. The van der Waals surface area contributed by atoms with Crippen molar-refractivity contribution >= 4 is 50.6 Å². The fourth-order valence-corrected chi connectivity index (χ4v) is 10.1. The maximum Gasteiger partial charge on any atom is 0.137 e. The number of furan rings is 1. The number of para-hydroxylation sites is 1. The molecule has 244 valence electrons. The summed E-state index contributed by atoms with van der Waals surface area (Å²) in [5.74, 6) is 1.89. The topological polar surface area (TPSA) is 16.4 Å². The van der Waals surface area contributed by atoms with Gasteiger partial charge in [0.25, 0.3) is 0 Å². The molecule has 3 heteroatoms. The third-order valence-corrected chi connectivity index (χ3v) is 12.3. The summed E-state index contributed by atoms with van der Waals surface area (Å²) in [6.07, 6.45) is 6.39. The summed E-state index contributed by atoms with van der Waals surface area (Å²) in [6, 6.07) is 48.0. The molecule has 3 aliphatic carbocycles. The van der Waals surface area contributed by atoms with E-state index < -0.39 is 0 Å². The van der Waals surface area contributed by atoms with Crippen molar-refractivity contribution < 1.29 is 4.42 Å². The first-order valence-electron chi connectivity index (χ1n) is 18.0. The van der Waals surface area contributed by atoms with Crippen molar-refractivity contribution in [3.8, 4) is 22.3 Å². The van der Waals surface area contributed by atoms with Gasteiger partial charge >= 0.3 is 0 Å². The number of hydrogen-bond acceptors (Lipinski definition) is 2. The second kappa shape index (κ2) is 11.2. The molecule has 50 heavy (non-hydrogen) atoms. The van der Waals surface area contributed by atoms with Crippen LogP contribution in [0.3, 0.4) is 0 Å². The predicted molar refractivity (Wildman–Crippen MR) is 209 cm³/mol. The Morgan fingerprint density at radius 2 is 1.36 bits per heavy atom. The number of anilines is 3. The normalized spacial score (nSPS) is 22.1. The quantitative estimate of drug-likeness (QED) is 0.174. The van der Waals surface area contributed by atoms with E-state index in [1.807, 2.05) is 12.1 Å². The first kappa shape index (κ1) is 29.8. The van der Waals surface area contributed by atoms with Crippen molar-refractivity contribution in [2.24, 2.45) is 17.8 Å². The Kier molecular flexibility index (Phi) is 6.70. The third kappa shape index (κ3) is 4.41. The minimum absolute atomic E-state index is 0.202. The van der Waals surface area contributed by atoms with Gasteiger partial charge in [-0.3, -0.25) is 0 Å². The summed E-state index contributed by atoms with van der Waals surface area (Å²) in [6.45, 7) is 4.82. The molecule has 2 nitrogen and oxygen atoms in total. The van der Waals surface area contributed by atoms with Gasteiger partial charge in [0.2, 0.25) is 0 Å². The molecule has 0 saturated heterocycles. The average molecular weight is 668 g/mol. The van der Waals surface area contributed by atoms with E-state index in [9.17, 15) is 0 Å². The van der Waals surface area contributed by atoms with Crippen LogP contribution in [0.2, 0.25) is 5.02 Å². The Morgan fingerprint density at radius 3 is 2.22 bits per heavy atom. The largest absolute Gasteiger partial charge is 0.456 e. The SMILES string of the molecule is CC1=CC2(c3ccccc3-c3c(Cl)cc(N(c4ccc(-c5ccccc5)cc4)c4ccc5c(c4)oc4ccccc45)cc32)C2CC(C)CC1C2. The lowest BCUT2D eigenvalue weighted by molar-refractivity contribution is 0.168. The van der Waals surface area contributed by atoms with Crippen molar-refractivity contribution in [2.45, 2.75) is 38.5 Å². The van der Waals surface area contributed by atoms with E-state index in [-0.39, 0.29) is 5.41 Å². The Morgan fingerprint density at radius 1 is 0.640 bits per heavy atom. The number of benzene rings is 6. The number of fused-ring (bicyclic) bond motifs is 11. The van der Waals surface area contributed by atoms with Crippen LogP contribution in [-0.4, -0.2) is 0 Å². The summed E-state index contributed by atoms with van der Waals surface area (Å²) in [5, 5.41) is 3.05. The van der Waals surface area contributed by atoms with Crippen LogP contribution in [0, 0.1) is 17.8 Å². The van der Waals surface area contributed by atoms with Crippen LogP contribution >= 0.6 is 11.6 Å². The molecule has 6 aromatic carbocycles. The molecule has 3 aliphatic rings. The Bertz CT molecular complexity index is 2470. The molecule has 1 aromatic heterocycles. The molecule has 1 spiro atoms. The zero-order valence-electron chi connectivity index (χ0n) is 28.4. The van der Waals surface area contributed by atoms with Crippen LogP contribution < -0.4 is 4.90 Å². The van der Waals surface area contributed by atoms with E-state index in [4.69, 9.17) is 16.0 Å². The molecule has 2 bridgehead atoms. The molecule has 10 rings (SSSR count). The van der Waals surface area contributed by atoms with Crippen LogP contribution in [0.25, 0.3) is 44.2 Å². The van der Waals surface area contributed by atoms with Gasteiger partial charge in [-0.2, -0.15) is 0 Å². The van der Waals surface area contributed by atoms with Gasteiger partial charge in [0.1, 0.15) is 11.2 Å². The fraction of sp³-hybridized carbons (Fsp3) is 0.191. The Balaban J connectivity index is 1.20. The second-order valence-corrected chi connectivity index (χ2v) is 15.3. The molecule has 0 radical (unpaired) electrons. The van der Waals surface area contributed by atoms with Gasteiger partial charge in [0.05, 0.1) is 5.02 Å². The van der Waals surface area contributed by atoms with Gasteiger partial charge in [-0.25, -0.2) is 0 Å². The van der Waals surface area contributed by atoms with Gasteiger partial charge < -0.3 is 9.32 Å². The van der Waals surface area contributed by atoms with E-state index in [2.05, 4.69) is 146 Å². The van der Waals surface area contributed by atoms with E-state index in [1.54, 1.807) is 0 Å². The van der Waals surface area contributed by atoms with Gasteiger partial charge in [-0.15, -0.1) is 0 Å². The molecule has 1 heterocycles. The Labute approximate surface area is 298 Å². The summed E-state index contributed by atoms with van der Waals surface area (Å²) in [7, 11) is 0. The summed E-state index contributed by atoms with van der Waals surface area (Å²) < 4.78 is 6.43. The fourth-order valence-electron chi connectivity index (χ4n) is 9.80. The van der Waals surface area contributed by atoms with Gasteiger partial charge in [0, 0.05) is 44.9 Å². The van der Waals surface area contributed by atoms with Crippen molar-refractivity contribution in [3.63, 3.8) is 0 Å². The van der Waals surface area contributed by atoms with Gasteiger partial charge in [-0.1, -0.05) is 115 Å². The smallest absolute Gasteiger partial charge is 0.137 e. The monoisotopic (exact) mass is 667 g/mol. The van der Waals surface area contributed by atoms with Crippen molar-refractivity contribution in [1.29, 1.82) is 0 Å². The lowest BCUT2D eigenvalue weighted by atomic mass is 9.55. The number of hydrogen-bond donors (Lipinski definition) is 0. The summed E-state index contributed by atoms with van der Waals surface area (Å²) >= 11 is 7.51. The molecular weight excluding hydrogens is 630 g/mol. The van der Waals surface area contributed by atoms with Crippen molar-refractivity contribution in [2.75, 3.05) is 4.90 Å². The third-order valence-electron chi connectivity index (χ3n) is 12.0. The maximum absolute atomic E-state index is 7.51. The Hall–Kier alpha value is -5.05. The highest BCUT2D eigenvalue weighted by atomic mass is 35.5. The van der Waals surface area contributed by atoms with Gasteiger partial charge in [-0.05, 0) is 114 Å². The molecular formula is C47H38ClNO. The standard InChI is InChI=1S/C47H38ClNO/c1-29-22-33-24-34(23-29)47(28-30(33)2)41-14-8-6-13-40(41)46-42(47)25-37(26-43(46)48)49(35-18-16-32(17-19-35)31-10-4-3-5-11-31)36-20-21-39-38-12-7-9-15-44(38)50-45(39)27-36/h3-21,25-29,33-34H,22-24H2,1-2H3. The van der Waals surface area contributed by atoms with E-state index >= 15 is 0 Å². The molecule has 7 aromatic rings. The molecule has 4 unspecified atom stereocenters. The maximum atomic E-state index is 7.51. The highest BCUT2D eigenvalue weighted by Crippen LogP contribution is 2.63. The zero-order chi connectivity index (χ0) is 33.6. The van der Waals surface area contributed by atoms with E-state index in [0.717, 1.165) is 44.0 Å². The highest BCUT2D eigenvalue weighted by molar-refractivity contribution is 6.34. The van der Waals surface area contributed by atoms with Crippen LogP contribution in [0.4, 0.5) is 17.1 Å². The van der Waals surface area contributed by atoms with E-state index in [0.29, 0.717) is 17.8 Å². The first-order chi connectivity index (χ1) is 24.5. The number of allylic oxidation sites excluding steroid dienone is 2. The van der Waals surface area contributed by atoms with Crippen LogP contribution in [-0.2, 0) is 5.41 Å². The van der Waals surface area contributed by atoms with Gasteiger partial charge in [0.15, 0.2) is 0 Å². The number of nitrogens with zero attached hydrogens (tertiary/aromatic N) is 1. The minimum Gasteiger partial charge on any atom is -0.456 e. The van der Waals surface area contributed by atoms with Crippen molar-refractivity contribution in [3.05, 3.63) is 161 Å². The minimum atomic E-state index is -0.202. The second-order valence-electron chi connectivity index (χ2n) is 14.9. The molecule has 1 saturated carbocycles. The summed E-state index contributed by atoms with van der Waals surface area (Å²) in [4.78, 5) is 2.36. The first-order valence-corrected chi connectivity index (χ1v) is 18.4. The molecule has 0 N–H and O–H groups in total. The van der Waals surface area contributed by atoms with Crippen LogP contribution in [0.15, 0.2) is 150 Å². The van der Waals surface area contributed by atoms with Crippen molar-refractivity contribution in [1.82, 2.24) is 0 Å². The summed E-state index contributed by atoms with van der Waals surface area (Å²) in [5.41, 5.74) is 13.9. The number of rotatable bonds is 4. The molecule has 0 amide bonds. The predicted octanol–water partition coefficient (Wildman–Crippen LogP) is 13.7. The van der Waals surface area contributed by atoms with E-state index in [1.165, 1.54) is 58.2 Å². The highest BCUT2D eigenvalue weighted by Gasteiger charge is 2.52. The zero-order valence-corrected chi connectivity index (χ0v) is 29.1.